The van der Waals surface area contributed by atoms with Gasteiger partial charge in [-0.15, -0.1) is 0 Å². The van der Waals surface area contributed by atoms with Gasteiger partial charge in [-0.05, 0) is 37.4 Å². The standard InChI is InChI=1S/C9H17N3S/c1-7-5-3-4-6-8(7)11-12-9(13)10-2/h7H,3-6H2,1-2H3,(H2,10,12,13)/t7-/m1/s1. The van der Waals surface area contributed by atoms with Crippen LogP contribution in [0.1, 0.15) is 32.6 Å². The molecule has 74 valence electrons. The van der Waals surface area contributed by atoms with Gasteiger partial charge in [0.25, 0.3) is 0 Å². The third-order valence-corrected chi connectivity index (χ3v) is 2.71. The summed E-state index contributed by atoms with van der Waals surface area (Å²) in [6.45, 7) is 2.22. The van der Waals surface area contributed by atoms with Crippen LogP contribution in [0.15, 0.2) is 5.10 Å². The molecule has 1 aliphatic rings. The minimum absolute atomic E-state index is 0.588. The maximum absolute atomic E-state index is 4.93. The average molecular weight is 199 g/mol. The van der Waals surface area contributed by atoms with Crippen LogP contribution in [0.5, 0.6) is 0 Å². The number of hydrogen-bond acceptors (Lipinski definition) is 2. The molecule has 13 heavy (non-hydrogen) atoms. The molecule has 1 aliphatic carbocycles. The number of nitrogens with zero attached hydrogens (tertiary/aromatic N) is 1. The monoisotopic (exact) mass is 199 g/mol. The number of thiocarbonyl (C=S) groups is 1. The van der Waals surface area contributed by atoms with E-state index in [1.807, 2.05) is 0 Å². The van der Waals surface area contributed by atoms with Gasteiger partial charge in [-0.3, -0.25) is 5.43 Å². The molecule has 0 bridgehead atoms. The fourth-order valence-corrected chi connectivity index (χ4v) is 1.56. The normalized spacial score (nSPS) is 25.7. The molecule has 0 radical (unpaired) electrons. The maximum Gasteiger partial charge on any atom is 0.186 e. The summed E-state index contributed by atoms with van der Waals surface area (Å²) in [5.74, 6) is 0.612. The van der Waals surface area contributed by atoms with E-state index in [1.165, 1.54) is 25.0 Å². The van der Waals surface area contributed by atoms with Crippen LogP contribution in [0.3, 0.4) is 0 Å². The summed E-state index contributed by atoms with van der Waals surface area (Å²) in [5, 5.41) is 7.72. The van der Waals surface area contributed by atoms with Gasteiger partial charge in [0, 0.05) is 12.8 Å². The van der Waals surface area contributed by atoms with Crippen molar-refractivity contribution in [2.75, 3.05) is 7.05 Å². The first kappa shape index (κ1) is 10.4. The van der Waals surface area contributed by atoms with Gasteiger partial charge in [0.15, 0.2) is 5.11 Å². The summed E-state index contributed by atoms with van der Waals surface area (Å²) in [6, 6.07) is 0. The second-order valence-corrected chi connectivity index (χ2v) is 3.85. The fraction of sp³-hybridized carbons (Fsp3) is 0.778. The fourth-order valence-electron chi connectivity index (χ4n) is 1.51. The molecule has 0 saturated heterocycles. The molecule has 0 unspecified atom stereocenters. The first-order valence-corrected chi connectivity index (χ1v) is 5.19. The topological polar surface area (TPSA) is 36.4 Å². The van der Waals surface area contributed by atoms with Gasteiger partial charge < -0.3 is 5.32 Å². The first-order valence-electron chi connectivity index (χ1n) is 4.78. The van der Waals surface area contributed by atoms with Crippen LogP contribution in [0, 0.1) is 5.92 Å². The van der Waals surface area contributed by atoms with Crippen molar-refractivity contribution in [3.63, 3.8) is 0 Å². The van der Waals surface area contributed by atoms with Gasteiger partial charge in [0.05, 0.1) is 0 Å². The van der Waals surface area contributed by atoms with E-state index in [0.29, 0.717) is 11.0 Å². The Labute approximate surface area is 85.0 Å². The van der Waals surface area contributed by atoms with Crippen LogP contribution in [-0.2, 0) is 0 Å². The zero-order valence-corrected chi connectivity index (χ0v) is 9.08. The molecule has 3 nitrogen and oxygen atoms in total. The molecular formula is C9H17N3S. The number of hydrazone groups is 1. The predicted octanol–water partition coefficient (Wildman–Crippen LogP) is 1.65. The maximum atomic E-state index is 4.93. The van der Waals surface area contributed by atoms with E-state index < -0.39 is 0 Å². The second kappa shape index (κ2) is 5.17. The summed E-state index contributed by atoms with van der Waals surface area (Å²) >= 11 is 4.93. The molecular weight excluding hydrogens is 182 g/mol. The Kier molecular flexibility index (Phi) is 4.15. The van der Waals surface area contributed by atoms with Gasteiger partial charge in [-0.2, -0.15) is 5.10 Å². The smallest absolute Gasteiger partial charge is 0.186 e. The largest absolute Gasteiger partial charge is 0.364 e. The minimum Gasteiger partial charge on any atom is -0.364 e. The van der Waals surface area contributed by atoms with Crippen LogP contribution in [0.4, 0.5) is 0 Å². The number of hydrogen-bond donors (Lipinski definition) is 2. The Morgan fingerprint density at radius 3 is 2.92 bits per heavy atom. The molecule has 1 saturated carbocycles. The zero-order valence-electron chi connectivity index (χ0n) is 8.26. The van der Waals surface area contributed by atoms with Gasteiger partial charge in [-0.25, -0.2) is 0 Å². The van der Waals surface area contributed by atoms with Crippen molar-refractivity contribution in [1.82, 2.24) is 10.7 Å². The predicted molar refractivity (Wildman–Crippen MR) is 59.9 cm³/mol. The zero-order chi connectivity index (χ0) is 9.68. The van der Waals surface area contributed by atoms with Crippen molar-refractivity contribution in [2.45, 2.75) is 32.6 Å². The lowest BCUT2D eigenvalue weighted by atomic mass is 9.89. The Morgan fingerprint density at radius 1 is 1.54 bits per heavy atom. The summed E-state index contributed by atoms with van der Waals surface area (Å²) in [7, 11) is 1.79. The molecule has 1 rings (SSSR count). The van der Waals surface area contributed by atoms with E-state index in [4.69, 9.17) is 12.2 Å². The van der Waals surface area contributed by atoms with Crippen molar-refractivity contribution in [3.05, 3.63) is 0 Å². The summed E-state index contributed by atoms with van der Waals surface area (Å²) in [6.07, 6.45) is 4.96. The Hall–Kier alpha value is -0.640. The highest BCUT2D eigenvalue weighted by Crippen LogP contribution is 2.20. The molecule has 0 aromatic rings. The lowest BCUT2D eigenvalue weighted by molar-refractivity contribution is 0.555. The number of rotatable bonds is 1. The molecule has 0 spiro atoms. The Morgan fingerprint density at radius 2 is 2.31 bits per heavy atom. The number of nitrogens with one attached hydrogen (secondary N) is 2. The molecule has 4 heteroatoms. The van der Waals surface area contributed by atoms with E-state index in [-0.39, 0.29) is 0 Å². The molecule has 1 fully saturated rings. The van der Waals surface area contributed by atoms with Gasteiger partial charge >= 0.3 is 0 Å². The van der Waals surface area contributed by atoms with E-state index in [0.717, 1.165) is 6.42 Å². The molecule has 2 N–H and O–H groups in total. The van der Waals surface area contributed by atoms with Crippen LogP contribution >= 0.6 is 12.2 Å². The van der Waals surface area contributed by atoms with Gasteiger partial charge in [0.2, 0.25) is 0 Å². The van der Waals surface area contributed by atoms with Crippen molar-refractivity contribution in [2.24, 2.45) is 11.0 Å². The Balaban J connectivity index is 2.43. The third-order valence-electron chi connectivity index (χ3n) is 2.42. The molecule has 0 aromatic carbocycles. The molecule has 0 amide bonds. The second-order valence-electron chi connectivity index (χ2n) is 3.44. The van der Waals surface area contributed by atoms with Crippen LogP contribution < -0.4 is 10.7 Å². The Bertz CT molecular complexity index is 213. The van der Waals surface area contributed by atoms with Crippen LogP contribution in [0.2, 0.25) is 0 Å². The van der Waals surface area contributed by atoms with Crippen molar-refractivity contribution >= 4 is 23.0 Å². The highest BCUT2D eigenvalue weighted by molar-refractivity contribution is 7.80. The summed E-state index contributed by atoms with van der Waals surface area (Å²) in [5.41, 5.74) is 4.09. The third kappa shape index (κ3) is 3.30. The molecule has 1 atom stereocenters. The average Bonchev–Trinajstić information content (AvgIpc) is 2.16. The summed E-state index contributed by atoms with van der Waals surface area (Å²) in [4.78, 5) is 0. The molecule has 0 aromatic heterocycles. The first-order chi connectivity index (χ1) is 6.24. The highest BCUT2D eigenvalue weighted by Gasteiger charge is 2.15. The van der Waals surface area contributed by atoms with Crippen LogP contribution in [-0.4, -0.2) is 17.9 Å². The quantitative estimate of drug-likeness (QED) is 0.498. The van der Waals surface area contributed by atoms with Crippen molar-refractivity contribution in [1.29, 1.82) is 0 Å². The van der Waals surface area contributed by atoms with Crippen LogP contribution in [0.25, 0.3) is 0 Å². The minimum atomic E-state index is 0.588. The molecule has 0 heterocycles. The lowest BCUT2D eigenvalue weighted by Crippen LogP contribution is -2.30. The van der Waals surface area contributed by atoms with E-state index in [2.05, 4.69) is 22.8 Å². The SMILES string of the molecule is CNC(=S)NN=C1CCCC[C@H]1C. The lowest BCUT2D eigenvalue weighted by Gasteiger charge is -2.19. The summed E-state index contributed by atoms with van der Waals surface area (Å²) < 4.78 is 0. The molecule has 0 aliphatic heterocycles. The highest BCUT2D eigenvalue weighted by atomic mass is 32.1. The van der Waals surface area contributed by atoms with Crippen molar-refractivity contribution in [3.8, 4) is 0 Å². The van der Waals surface area contributed by atoms with E-state index in [1.54, 1.807) is 7.05 Å². The van der Waals surface area contributed by atoms with Gasteiger partial charge in [-0.1, -0.05) is 13.3 Å². The van der Waals surface area contributed by atoms with E-state index in [9.17, 15) is 0 Å². The van der Waals surface area contributed by atoms with Gasteiger partial charge in [0.1, 0.15) is 0 Å². The van der Waals surface area contributed by atoms with Crippen molar-refractivity contribution < 1.29 is 0 Å². The van der Waals surface area contributed by atoms with E-state index >= 15 is 0 Å².